The Morgan fingerprint density at radius 3 is 2.55 bits per heavy atom. The van der Waals surface area contributed by atoms with Crippen LogP contribution >= 0.6 is 0 Å². The highest BCUT2D eigenvalue weighted by Gasteiger charge is 2.54. The third kappa shape index (κ3) is 1.48. The van der Waals surface area contributed by atoms with Gasteiger partial charge < -0.3 is 14.6 Å². The number of epoxide rings is 1. The van der Waals surface area contributed by atoms with Crippen molar-refractivity contribution >= 4 is 11.9 Å². The first-order valence-corrected chi connectivity index (χ1v) is 3.05. The Morgan fingerprint density at radius 2 is 2.27 bits per heavy atom. The number of aliphatic carboxylic acids is 1. The Kier molecular flexibility index (Phi) is 1.82. The molecule has 0 aliphatic carbocycles. The number of carbonyl (C=O) groups excluding carboxylic acids is 1. The molecule has 1 aliphatic rings. The van der Waals surface area contributed by atoms with E-state index < -0.39 is 17.5 Å². The maximum atomic E-state index is 10.6. The number of esters is 1. The van der Waals surface area contributed by atoms with Gasteiger partial charge in [0.25, 0.3) is 0 Å². The molecule has 0 amide bonds. The number of carboxylic acid groups (broad SMARTS) is 1. The molecule has 1 rings (SSSR count). The molecule has 62 valence electrons. The average Bonchev–Trinajstić information content (AvgIpc) is 2.69. The maximum Gasteiger partial charge on any atom is 0.339 e. The predicted molar refractivity (Wildman–Crippen MR) is 33.0 cm³/mol. The van der Waals surface area contributed by atoms with E-state index in [2.05, 4.69) is 9.47 Å². The van der Waals surface area contributed by atoms with Crippen molar-refractivity contribution in [3.63, 3.8) is 0 Å². The van der Waals surface area contributed by atoms with Crippen LogP contribution in [0.4, 0.5) is 0 Å². The lowest BCUT2D eigenvalue weighted by atomic mass is 10.1. The van der Waals surface area contributed by atoms with Crippen molar-refractivity contribution in [1.29, 1.82) is 0 Å². The Balaban J connectivity index is 2.48. The van der Waals surface area contributed by atoms with Gasteiger partial charge in [0.2, 0.25) is 0 Å². The fourth-order valence-corrected chi connectivity index (χ4v) is 0.694. The van der Waals surface area contributed by atoms with E-state index in [-0.39, 0.29) is 13.0 Å². The van der Waals surface area contributed by atoms with Gasteiger partial charge in [0.15, 0.2) is 5.60 Å². The van der Waals surface area contributed by atoms with Crippen LogP contribution in [0.1, 0.15) is 6.42 Å². The number of carbonyl (C=O) groups is 2. The van der Waals surface area contributed by atoms with Crippen molar-refractivity contribution in [1.82, 2.24) is 0 Å². The quantitative estimate of drug-likeness (QED) is 0.440. The molecule has 1 aliphatic heterocycles. The number of carboxylic acids is 1. The van der Waals surface area contributed by atoms with Gasteiger partial charge in [-0.1, -0.05) is 0 Å². The minimum absolute atomic E-state index is 0.0947. The standard InChI is InChI=1S/C6H8O5/c1-10-4(7)2-6(3-11-6)5(8)9/h2-3H2,1H3,(H,8,9). The third-order valence-electron chi connectivity index (χ3n) is 1.54. The summed E-state index contributed by atoms with van der Waals surface area (Å²) in [5.41, 5.74) is -1.28. The topological polar surface area (TPSA) is 76.1 Å². The van der Waals surface area contributed by atoms with Gasteiger partial charge in [0, 0.05) is 0 Å². The van der Waals surface area contributed by atoms with Crippen molar-refractivity contribution in [2.24, 2.45) is 0 Å². The van der Waals surface area contributed by atoms with Crippen LogP contribution in [0.2, 0.25) is 0 Å². The summed E-state index contributed by atoms with van der Waals surface area (Å²) in [4.78, 5) is 21.0. The largest absolute Gasteiger partial charge is 0.479 e. The second kappa shape index (κ2) is 2.50. The number of hydrogen-bond donors (Lipinski definition) is 1. The van der Waals surface area contributed by atoms with Crippen LogP contribution in [0.15, 0.2) is 0 Å². The summed E-state index contributed by atoms with van der Waals surface area (Å²) in [6.45, 7) is 0.0947. The van der Waals surface area contributed by atoms with Crippen LogP contribution in [0.5, 0.6) is 0 Å². The molecule has 0 radical (unpaired) electrons. The molecule has 1 atom stereocenters. The van der Waals surface area contributed by atoms with E-state index in [0.717, 1.165) is 0 Å². The van der Waals surface area contributed by atoms with E-state index in [1.807, 2.05) is 0 Å². The van der Waals surface area contributed by atoms with Crippen LogP contribution in [0, 0.1) is 0 Å². The van der Waals surface area contributed by atoms with Crippen LogP contribution in [0.25, 0.3) is 0 Å². The second-order valence-electron chi connectivity index (χ2n) is 2.34. The molecule has 1 heterocycles. The van der Waals surface area contributed by atoms with Crippen molar-refractivity contribution in [3.8, 4) is 0 Å². The summed E-state index contributed by atoms with van der Waals surface area (Å²) < 4.78 is 8.92. The molecule has 0 bridgehead atoms. The summed E-state index contributed by atoms with van der Waals surface area (Å²) in [5.74, 6) is -1.67. The molecule has 0 spiro atoms. The summed E-state index contributed by atoms with van der Waals surface area (Å²) in [6.07, 6.45) is -0.209. The predicted octanol–water partition coefficient (Wildman–Crippen LogP) is -0.597. The minimum atomic E-state index is -1.28. The SMILES string of the molecule is COC(=O)CC1(C(=O)O)CO1. The van der Waals surface area contributed by atoms with E-state index in [9.17, 15) is 9.59 Å². The highest BCUT2D eigenvalue weighted by Crippen LogP contribution is 2.31. The number of rotatable bonds is 3. The van der Waals surface area contributed by atoms with Crippen molar-refractivity contribution in [3.05, 3.63) is 0 Å². The van der Waals surface area contributed by atoms with Crippen LogP contribution in [0.3, 0.4) is 0 Å². The number of methoxy groups -OCH3 is 1. The first-order valence-electron chi connectivity index (χ1n) is 3.05. The minimum Gasteiger partial charge on any atom is -0.479 e. The van der Waals surface area contributed by atoms with Gasteiger partial charge in [-0.3, -0.25) is 4.79 Å². The summed E-state index contributed by atoms with van der Waals surface area (Å²) >= 11 is 0. The lowest BCUT2D eigenvalue weighted by Gasteiger charge is -2.02. The summed E-state index contributed by atoms with van der Waals surface area (Å²) in [6, 6.07) is 0. The zero-order chi connectivity index (χ0) is 8.48. The Bertz CT molecular complexity index is 193. The average molecular weight is 160 g/mol. The van der Waals surface area contributed by atoms with Gasteiger partial charge in [0.1, 0.15) is 0 Å². The Morgan fingerprint density at radius 1 is 1.73 bits per heavy atom. The molecule has 0 aromatic heterocycles. The van der Waals surface area contributed by atoms with E-state index >= 15 is 0 Å². The van der Waals surface area contributed by atoms with Crippen molar-refractivity contribution in [2.75, 3.05) is 13.7 Å². The Hall–Kier alpha value is -1.10. The molecule has 0 aromatic rings. The zero-order valence-corrected chi connectivity index (χ0v) is 5.99. The van der Waals surface area contributed by atoms with Gasteiger partial charge >= 0.3 is 11.9 Å². The molecule has 0 aromatic carbocycles. The normalized spacial score (nSPS) is 27.7. The van der Waals surface area contributed by atoms with E-state index in [0.29, 0.717) is 0 Å². The molecule has 5 nitrogen and oxygen atoms in total. The number of ether oxygens (including phenoxy) is 2. The smallest absolute Gasteiger partial charge is 0.339 e. The maximum absolute atomic E-state index is 10.6. The first kappa shape index (κ1) is 8.00. The number of hydrogen-bond acceptors (Lipinski definition) is 4. The lowest BCUT2D eigenvalue weighted by molar-refractivity contribution is -0.151. The van der Waals surface area contributed by atoms with Gasteiger partial charge in [0.05, 0.1) is 20.1 Å². The molecular formula is C6H8O5. The van der Waals surface area contributed by atoms with Crippen LogP contribution < -0.4 is 0 Å². The fourth-order valence-electron chi connectivity index (χ4n) is 0.694. The highest BCUT2D eigenvalue weighted by molar-refractivity contribution is 5.86. The molecule has 0 saturated carbocycles. The fraction of sp³-hybridized carbons (Fsp3) is 0.667. The van der Waals surface area contributed by atoms with Gasteiger partial charge in [-0.15, -0.1) is 0 Å². The molecule has 1 fully saturated rings. The van der Waals surface area contributed by atoms with Crippen LogP contribution in [-0.2, 0) is 19.1 Å². The van der Waals surface area contributed by atoms with Crippen LogP contribution in [-0.4, -0.2) is 36.4 Å². The first-order chi connectivity index (χ1) is 5.10. The lowest BCUT2D eigenvalue weighted by Crippen LogP contribution is -2.27. The molecular weight excluding hydrogens is 152 g/mol. The Labute approximate surface area is 62.9 Å². The zero-order valence-electron chi connectivity index (χ0n) is 5.99. The van der Waals surface area contributed by atoms with Gasteiger partial charge in [-0.25, -0.2) is 4.79 Å². The molecule has 11 heavy (non-hydrogen) atoms. The molecule has 5 heteroatoms. The third-order valence-corrected chi connectivity index (χ3v) is 1.54. The van der Waals surface area contributed by atoms with E-state index in [1.165, 1.54) is 7.11 Å². The van der Waals surface area contributed by atoms with Gasteiger partial charge in [-0.05, 0) is 0 Å². The molecule has 1 unspecified atom stereocenters. The second-order valence-corrected chi connectivity index (χ2v) is 2.34. The van der Waals surface area contributed by atoms with Crippen molar-refractivity contribution < 1.29 is 24.2 Å². The summed E-state index contributed by atoms with van der Waals surface area (Å²) in [5, 5.41) is 8.52. The highest BCUT2D eigenvalue weighted by atomic mass is 16.6. The summed E-state index contributed by atoms with van der Waals surface area (Å²) in [7, 11) is 1.21. The molecule has 1 N–H and O–H groups in total. The van der Waals surface area contributed by atoms with Gasteiger partial charge in [-0.2, -0.15) is 0 Å². The van der Waals surface area contributed by atoms with E-state index in [1.54, 1.807) is 0 Å². The van der Waals surface area contributed by atoms with E-state index in [4.69, 9.17) is 5.11 Å². The molecule has 1 saturated heterocycles. The van der Waals surface area contributed by atoms with Crippen molar-refractivity contribution in [2.45, 2.75) is 12.0 Å². The monoisotopic (exact) mass is 160 g/mol.